The molecule has 1 aromatic carbocycles. The number of rotatable bonds is 7. The Balaban J connectivity index is 2.10. The Morgan fingerprint density at radius 1 is 1.36 bits per heavy atom. The van der Waals surface area contributed by atoms with Gasteiger partial charge in [0, 0.05) is 23.9 Å². The first-order valence-corrected chi connectivity index (χ1v) is 10.4. The maximum atomic E-state index is 12.9. The molecule has 0 unspecified atom stereocenters. The van der Waals surface area contributed by atoms with Gasteiger partial charge in [-0.15, -0.1) is 0 Å². The molecule has 0 saturated carbocycles. The predicted octanol–water partition coefficient (Wildman–Crippen LogP) is 2.14. The van der Waals surface area contributed by atoms with Gasteiger partial charge in [0.25, 0.3) is 5.56 Å². The first-order valence-electron chi connectivity index (χ1n) is 10.1. The number of carbonyl (C=O) groups excluding carboxylic acids is 1. The zero-order valence-electron chi connectivity index (χ0n) is 17.8. The van der Waals surface area contributed by atoms with Crippen molar-refractivity contribution in [3.05, 3.63) is 73.0 Å². The number of hydrogen-bond donors (Lipinski definition) is 2. The van der Waals surface area contributed by atoms with Crippen molar-refractivity contribution in [2.75, 3.05) is 13.2 Å². The topological polar surface area (TPSA) is 126 Å². The van der Waals surface area contributed by atoms with E-state index < -0.39 is 17.4 Å². The monoisotopic (exact) mass is 468 g/mol. The molecule has 0 amide bonds. The number of nitrogens with zero attached hydrogens (tertiary/aromatic N) is 2. The van der Waals surface area contributed by atoms with Crippen LogP contribution in [0.15, 0.2) is 39.5 Å². The van der Waals surface area contributed by atoms with Gasteiger partial charge in [-0.25, -0.2) is 4.79 Å². The molecule has 2 aromatic heterocycles. The summed E-state index contributed by atoms with van der Waals surface area (Å²) in [5.74, 6) is -0.344. The Kier molecular flexibility index (Phi) is 7.38. The van der Waals surface area contributed by atoms with Crippen LogP contribution in [0.4, 0.5) is 0 Å². The normalized spacial score (nSPS) is 11.4. The fourth-order valence-corrected chi connectivity index (χ4v) is 3.44. The molecule has 0 bridgehead atoms. The molecular formula is C24H21ClN2O6. The average Bonchev–Trinajstić information content (AvgIpc) is 3.26. The second-order valence-corrected chi connectivity index (χ2v) is 7.41. The summed E-state index contributed by atoms with van der Waals surface area (Å²) in [6.45, 7) is 5.52. The van der Waals surface area contributed by atoms with Crippen LogP contribution in [0.5, 0.6) is 5.88 Å². The molecule has 170 valence electrons. The summed E-state index contributed by atoms with van der Waals surface area (Å²) < 4.78 is 11.9. The Bertz CT molecular complexity index is 1410. The summed E-state index contributed by atoms with van der Waals surface area (Å²) >= 11 is 6.11. The van der Waals surface area contributed by atoms with E-state index >= 15 is 0 Å². The fourth-order valence-electron chi connectivity index (χ4n) is 3.25. The van der Waals surface area contributed by atoms with Crippen LogP contribution >= 0.6 is 11.6 Å². The third kappa shape index (κ3) is 4.85. The maximum Gasteiger partial charge on any atom is 0.339 e. The number of halogens is 1. The number of carbonyl (C=O) groups is 1. The van der Waals surface area contributed by atoms with Gasteiger partial charge in [-0.2, -0.15) is 5.26 Å². The van der Waals surface area contributed by atoms with Gasteiger partial charge in [-0.1, -0.05) is 18.2 Å². The second kappa shape index (κ2) is 10.2. The smallest absolute Gasteiger partial charge is 0.339 e. The van der Waals surface area contributed by atoms with Crippen LogP contribution in [0, 0.1) is 11.3 Å². The molecule has 0 atom stereocenters. The lowest BCUT2D eigenvalue weighted by Crippen LogP contribution is -2.46. The van der Waals surface area contributed by atoms with Crippen LogP contribution in [0.3, 0.4) is 0 Å². The number of esters is 1. The Morgan fingerprint density at radius 3 is 2.79 bits per heavy atom. The van der Waals surface area contributed by atoms with Crippen molar-refractivity contribution in [3.63, 3.8) is 0 Å². The van der Waals surface area contributed by atoms with E-state index in [9.17, 15) is 20.0 Å². The Hall–Kier alpha value is -3.80. The van der Waals surface area contributed by atoms with E-state index in [1.807, 2.05) is 6.07 Å². The number of hydrogen-bond acceptors (Lipinski definition) is 7. The molecule has 0 fully saturated rings. The quantitative estimate of drug-likeness (QED) is 0.509. The van der Waals surface area contributed by atoms with Crippen molar-refractivity contribution in [1.82, 2.24) is 4.57 Å². The zero-order chi connectivity index (χ0) is 24.1. The maximum absolute atomic E-state index is 12.9. The molecule has 8 nitrogen and oxygen atoms in total. The summed E-state index contributed by atoms with van der Waals surface area (Å²) in [6.07, 6.45) is 1.64. The summed E-state index contributed by atoms with van der Waals surface area (Å²) in [6, 6.07) is 9.91. The molecule has 3 aromatic rings. The van der Waals surface area contributed by atoms with E-state index in [4.69, 9.17) is 25.9 Å². The van der Waals surface area contributed by atoms with Crippen molar-refractivity contribution < 1.29 is 24.2 Å². The van der Waals surface area contributed by atoms with Crippen LogP contribution in [0.2, 0.25) is 5.02 Å². The van der Waals surface area contributed by atoms with Gasteiger partial charge in [0.1, 0.15) is 23.2 Å². The average molecular weight is 469 g/mol. The lowest BCUT2D eigenvalue weighted by Gasteiger charge is -2.09. The van der Waals surface area contributed by atoms with E-state index in [1.165, 1.54) is 6.08 Å². The molecular weight excluding hydrogens is 448 g/mol. The summed E-state index contributed by atoms with van der Waals surface area (Å²) in [7, 11) is 0. The predicted molar refractivity (Wildman–Crippen MR) is 122 cm³/mol. The van der Waals surface area contributed by atoms with Crippen molar-refractivity contribution in [2.24, 2.45) is 0 Å². The van der Waals surface area contributed by atoms with Crippen LogP contribution in [-0.4, -0.2) is 34.0 Å². The van der Waals surface area contributed by atoms with E-state index in [2.05, 4.69) is 6.58 Å². The highest BCUT2D eigenvalue weighted by Gasteiger charge is 2.16. The van der Waals surface area contributed by atoms with Gasteiger partial charge >= 0.3 is 5.97 Å². The highest BCUT2D eigenvalue weighted by atomic mass is 35.5. The number of pyridine rings is 1. The Labute approximate surface area is 193 Å². The van der Waals surface area contributed by atoms with Gasteiger partial charge in [-0.3, -0.25) is 9.36 Å². The molecule has 33 heavy (non-hydrogen) atoms. The highest BCUT2D eigenvalue weighted by Crippen LogP contribution is 2.27. The fraction of sp³-hybridized carbons (Fsp3) is 0.208. The first kappa shape index (κ1) is 23.9. The first-order chi connectivity index (χ1) is 15.8. The van der Waals surface area contributed by atoms with Gasteiger partial charge in [0.05, 0.1) is 22.4 Å². The molecule has 3 rings (SSSR count). The van der Waals surface area contributed by atoms with Crippen LogP contribution in [0.25, 0.3) is 24.0 Å². The van der Waals surface area contributed by atoms with Gasteiger partial charge in [-0.05, 0) is 49.8 Å². The number of aliphatic hydroxyl groups is 1. The highest BCUT2D eigenvalue weighted by molar-refractivity contribution is 6.33. The molecule has 2 heterocycles. The summed E-state index contributed by atoms with van der Waals surface area (Å²) in [5.41, 5.74) is 0.0593. The minimum absolute atomic E-state index is 0.0295. The van der Waals surface area contributed by atoms with Crippen molar-refractivity contribution in [2.45, 2.75) is 19.9 Å². The number of ether oxygens (including phenoxy) is 1. The van der Waals surface area contributed by atoms with Crippen molar-refractivity contribution in [3.8, 4) is 23.3 Å². The van der Waals surface area contributed by atoms with Gasteiger partial charge < -0.3 is 19.4 Å². The number of furan rings is 1. The van der Waals surface area contributed by atoms with Crippen LogP contribution < -0.4 is 16.0 Å². The second-order valence-electron chi connectivity index (χ2n) is 7.00. The van der Waals surface area contributed by atoms with Crippen molar-refractivity contribution >= 4 is 30.2 Å². The molecule has 0 aliphatic carbocycles. The third-order valence-corrected chi connectivity index (χ3v) is 5.22. The lowest BCUT2D eigenvalue weighted by molar-refractivity contribution is 0.0526. The largest absolute Gasteiger partial charge is 0.493 e. The molecule has 9 heteroatoms. The number of aliphatic hydroxyl groups excluding tert-OH is 1. The van der Waals surface area contributed by atoms with E-state index in [-0.39, 0.29) is 52.8 Å². The lowest BCUT2D eigenvalue weighted by atomic mass is 10.1. The molecule has 2 N–H and O–H groups in total. The van der Waals surface area contributed by atoms with Crippen LogP contribution in [-0.2, 0) is 11.3 Å². The van der Waals surface area contributed by atoms with Crippen molar-refractivity contribution in [1.29, 1.82) is 5.26 Å². The Morgan fingerprint density at radius 2 is 2.12 bits per heavy atom. The minimum atomic E-state index is -0.570. The SMILES string of the molecule is C=c1c(C#N)c(O)n(CCCO)c(=O)c1=Cc1ccc(-c2ccc(Cl)c(C(=O)OCC)c2)o1. The minimum Gasteiger partial charge on any atom is -0.493 e. The third-order valence-electron chi connectivity index (χ3n) is 4.89. The molecule has 0 radical (unpaired) electrons. The number of nitriles is 1. The van der Waals surface area contributed by atoms with E-state index in [0.29, 0.717) is 17.1 Å². The standard InChI is InChI=1S/C24H21ClN2O6/c1-3-32-24(31)18-11-15(5-7-20(18)25)21-8-6-16(33-21)12-17-14(2)19(13-26)23(30)27(22(17)29)9-4-10-28/h5-8,11-12,28,30H,2-4,9-10H2,1H3. The van der Waals surface area contributed by atoms with Crippen LogP contribution in [0.1, 0.15) is 35.0 Å². The van der Waals surface area contributed by atoms with Gasteiger partial charge in [0.2, 0.25) is 5.88 Å². The molecule has 0 saturated heterocycles. The van der Waals surface area contributed by atoms with E-state index in [0.717, 1.165) is 4.57 Å². The number of aromatic hydroxyl groups is 1. The molecule has 0 aliphatic rings. The van der Waals surface area contributed by atoms with E-state index in [1.54, 1.807) is 37.3 Å². The number of benzene rings is 1. The summed E-state index contributed by atoms with van der Waals surface area (Å²) in [5, 5.41) is 29.2. The molecule has 0 aliphatic heterocycles. The zero-order valence-corrected chi connectivity index (χ0v) is 18.6. The summed E-state index contributed by atoms with van der Waals surface area (Å²) in [4.78, 5) is 25.0. The number of aromatic nitrogens is 1. The molecule has 0 spiro atoms. The van der Waals surface area contributed by atoms with Gasteiger partial charge in [0.15, 0.2) is 0 Å².